The van der Waals surface area contributed by atoms with Gasteiger partial charge in [-0.2, -0.15) is 5.10 Å². The molecular formula is C21H26N4OS. The molecule has 2 aromatic carbocycles. The summed E-state index contributed by atoms with van der Waals surface area (Å²) >= 11 is 5.72. The Labute approximate surface area is 165 Å². The van der Waals surface area contributed by atoms with E-state index >= 15 is 0 Å². The van der Waals surface area contributed by atoms with Crippen LogP contribution < -0.4 is 0 Å². The zero-order chi connectivity index (χ0) is 19.2. The van der Waals surface area contributed by atoms with Crippen molar-refractivity contribution in [3.63, 3.8) is 0 Å². The van der Waals surface area contributed by atoms with Gasteiger partial charge in [-0.15, -0.1) is 0 Å². The van der Waals surface area contributed by atoms with Gasteiger partial charge in [-0.05, 0) is 37.8 Å². The summed E-state index contributed by atoms with van der Waals surface area (Å²) < 4.78 is 9.94. The molecule has 3 rings (SSSR count). The van der Waals surface area contributed by atoms with E-state index in [0.29, 0.717) is 24.6 Å². The van der Waals surface area contributed by atoms with Crippen LogP contribution in [0.4, 0.5) is 0 Å². The van der Waals surface area contributed by atoms with E-state index < -0.39 is 0 Å². The summed E-state index contributed by atoms with van der Waals surface area (Å²) in [7, 11) is 3.78. The molecule has 0 saturated heterocycles. The average Bonchev–Trinajstić information content (AvgIpc) is 2.96. The molecule has 0 radical (unpaired) electrons. The van der Waals surface area contributed by atoms with Crippen molar-refractivity contribution >= 4 is 12.2 Å². The van der Waals surface area contributed by atoms with Crippen molar-refractivity contribution in [2.75, 3.05) is 20.8 Å². The molecular weight excluding hydrogens is 356 g/mol. The highest BCUT2D eigenvalue weighted by atomic mass is 32.1. The number of methoxy groups -OCH3 is 1. The second-order valence-corrected chi connectivity index (χ2v) is 7.13. The van der Waals surface area contributed by atoms with Gasteiger partial charge in [0.1, 0.15) is 0 Å². The molecule has 27 heavy (non-hydrogen) atoms. The molecule has 0 unspecified atom stereocenters. The Kier molecular flexibility index (Phi) is 6.55. The molecule has 1 aromatic heterocycles. The molecule has 0 amide bonds. The minimum atomic E-state index is 0.596. The van der Waals surface area contributed by atoms with E-state index in [0.717, 1.165) is 17.9 Å². The van der Waals surface area contributed by atoms with Crippen LogP contribution in [-0.4, -0.2) is 40.0 Å². The maximum Gasteiger partial charge on any atom is 0.199 e. The molecule has 5 nitrogen and oxygen atoms in total. The van der Waals surface area contributed by atoms with E-state index in [1.807, 2.05) is 10.7 Å². The number of benzene rings is 2. The molecule has 0 aliphatic rings. The number of ether oxygens (including phenoxy) is 1. The lowest BCUT2D eigenvalue weighted by Crippen LogP contribution is -2.22. The Morgan fingerprint density at radius 1 is 1.11 bits per heavy atom. The smallest absolute Gasteiger partial charge is 0.199 e. The monoisotopic (exact) mass is 382 g/mol. The summed E-state index contributed by atoms with van der Waals surface area (Å²) in [4.78, 5) is 2.21. The van der Waals surface area contributed by atoms with E-state index in [9.17, 15) is 0 Å². The minimum Gasteiger partial charge on any atom is -0.383 e. The number of hydrogen-bond donors (Lipinski definition) is 0. The summed E-state index contributed by atoms with van der Waals surface area (Å²) in [6, 6.07) is 18.8. The Bertz CT molecular complexity index is 933. The van der Waals surface area contributed by atoms with Gasteiger partial charge in [-0.25, -0.2) is 4.68 Å². The number of hydrogen-bond acceptors (Lipinski definition) is 4. The minimum absolute atomic E-state index is 0.596. The van der Waals surface area contributed by atoms with Crippen molar-refractivity contribution in [2.45, 2.75) is 26.7 Å². The van der Waals surface area contributed by atoms with E-state index in [4.69, 9.17) is 22.1 Å². The fourth-order valence-corrected chi connectivity index (χ4v) is 3.37. The standard InChI is InChI=1S/C21H26N4OS/c1-17-8-7-11-19(14-17)20-22-25(21(27)24(20)12-13-26-3)16-23(2)15-18-9-5-4-6-10-18/h4-11,14H,12-13,15-16H2,1-3H3. The van der Waals surface area contributed by atoms with Crippen LogP contribution in [0, 0.1) is 11.7 Å². The third-order valence-electron chi connectivity index (χ3n) is 4.39. The molecule has 0 spiro atoms. The van der Waals surface area contributed by atoms with Gasteiger partial charge in [0.25, 0.3) is 0 Å². The Balaban J connectivity index is 1.88. The van der Waals surface area contributed by atoms with Gasteiger partial charge in [-0.3, -0.25) is 9.47 Å². The molecule has 0 atom stereocenters. The number of aromatic nitrogens is 3. The largest absolute Gasteiger partial charge is 0.383 e. The molecule has 1 heterocycles. The first-order valence-electron chi connectivity index (χ1n) is 9.04. The SMILES string of the molecule is COCCn1c(-c2cccc(C)c2)nn(CN(C)Cc2ccccc2)c1=S. The average molecular weight is 383 g/mol. The molecule has 0 saturated carbocycles. The molecule has 0 bridgehead atoms. The first-order chi connectivity index (χ1) is 13.1. The lowest BCUT2D eigenvalue weighted by molar-refractivity contribution is 0.186. The topological polar surface area (TPSA) is 35.2 Å². The highest BCUT2D eigenvalue weighted by Gasteiger charge is 2.14. The lowest BCUT2D eigenvalue weighted by atomic mass is 10.1. The Hall–Kier alpha value is -2.28. The zero-order valence-electron chi connectivity index (χ0n) is 16.1. The highest BCUT2D eigenvalue weighted by Crippen LogP contribution is 2.20. The Morgan fingerprint density at radius 3 is 2.59 bits per heavy atom. The fourth-order valence-electron chi connectivity index (χ4n) is 3.09. The van der Waals surface area contributed by atoms with Gasteiger partial charge in [0.15, 0.2) is 10.6 Å². The molecule has 142 valence electrons. The Morgan fingerprint density at radius 2 is 1.89 bits per heavy atom. The third kappa shape index (κ3) is 4.91. The van der Waals surface area contributed by atoms with Crippen LogP contribution in [-0.2, 0) is 24.5 Å². The van der Waals surface area contributed by atoms with Gasteiger partial charge in [0.05, 0.1) is 19.8 Å². The van der Waals surface area contributed by atoms with Gasteiger partial charge >= 0.3 is 0 Å². The maximum absolute atomic E-state index is 5.72. The van der Waals surface area contributed by atoms with Crippen molar-refractivity contribution in [3.05, 3.63) is 70.5 Å². The quantitative estimate of drug-likeness (QED) is 0.549. The van der Waals surface area contributed by atoms with Crippen LogP contribution in [0.3, 0.4) is 0 Å². The van der Waals surface area contributed by atoms with Gasteiger partial charge in [0.2, 0.25) is 0 Å². The first-order valence-corrected chi connectivity index (χ1v) is 9.45. The van der Waals surface area contributed by atoms with Crippen molar-refractivity contribution in [3.8, 4) is 11.4 Å². The molecule has 3 aromatic rings. The van der Waals surface area contributed by atoms with Crippen molar-refractivity contribution < 1.29 is 4.74 Å². The van der Waals surface area contributed by atoms with Crippen molar-refractivity contribution in [1.29, 1.82) is 0 Å². The van der Waals surface area contributed by atoms with Crippen molar-refractivity contribution in [2.24, 2.45) is 0 Å². The normalized spacial score (nSPS) is 11.3. The third-order valence-corrected chi connectivity index (χ3v) is 4.82. The van der Waals surface area contributed by atoms with Crippen LogP contribution in [0.5, 0.6) is 0 Å². The predicted octanol–water partition coefficient (Wildman–Crippen LogP) is 4.13. The van der Waals surface area contributed by atoms with Gasteiger partial charge in [-0.1, -0.05) is 54.1 Å². The fraction of sp³-hybridized carbons (Fsp3) is 0.333. The molecule has 6 heteroatoms. The molecule has 0 fully saturated rings. The maximum atomic E-state index is 5.72. The summed E-state index contributed by atoms with van der Waals surface area (Å²) in [5.41, 5.74) is 3.54. The zero-order valence-corrected chi connectivity index (χ0v) is 16.9. The summed E-state index contributed by atoms with van der Waals surface area (Å²) in [6.07, 6.45) is 0. The highest BCUT2D eigenvalue weighted by molar-refractivity contribution is 7.71. The van der Waals surface area contributed by atoms with E-state index in [-0.39, 0.29) is 0 Å². The second-order valence-electron chi connectivity index (χ2n) is 6.76. The van der Waals surface area contributed by atoms with Crippen molar-refractivity contribution in [1.82, 2.24) is 19.2 Å². The summed E-state index contributed by atoms with van der Waals surface area (Å²) in [5.74, 6) is 0.883. The molecule has 0 N–H and O–H groups in total. The van der Waals surface area contributed by atoms with Gasteiger partial charge < -0.3 is 4.74 Å². The molecule has 0 aliphatic heterocycles. The first kappa shape index (κ1) is 19.5. The van der Waals surface area contributed by atoms with Gasteiger partial charge in [0, 0.05) is 19.2 Å². The van der Waals surface area contributed by atoms with Crippen LogP contribution in [0.25, 0.3) is 11.4 Å². The summed E-state index contributed by atoms with van der Waals surface area (Å²) in [6.45, 7) is 4.84. The van der Waals surface area contributed by atoms with Crippen LogP contribution >= 0.6 is 12.2 Å². The van der Waals surface area contributed by atoms with Crippen LogP contribution in [0.2, 0.25) is 0 Å². The number of aryl methyl sites for hydroxylation is 1. The number of rotatable bonds is 8. The van der Waals surface area contributed by atoms with Crippen LogP contribution in [0.15, 0.2) is 54.6 Å². The van der Waals surface area contributed by atoms with E-state index in [1.165, 1.54) is 11.1 Å². The summed E-state index contributed by atoms with van der Waals surface area (Å²) in [5, 5.41) is 4.83. The second kappa shape index (κ2) is 9.08. The van der Waals surface area contributed by atoms with E-state index in [2.05, 4.69) is 72.0 Å². The predicted molar refractivity (Wildman–Crippen MR) is 111 cm³/mol. The van der Waals surface area contributed by atoms with Crippen LogP contribution in [0.1, 0.15) is 11.1 Å². The molecule has 0 aliphatic carbocycles. The number of nitrogens with zero attached hydrogens (tertiary/aromatic N) is 4. The van der Waals surface area contributed by atoms with E-state index in [1.54, 1.807) is 7.11 Å². The lowest BCUT2D eigenvalue weighted by Gasteiger charge is -2.16.